The molecule has 0 aliphatic carbocycles. The lowest BCUT2D eigenvalue weighted by Gasteiger charge is -2.38. The molecule has 61 heavy (non-hydrogen) atoms. The average Bonchev–Trinajstić information content (AvgIpc) is 3.95. The zero-order chi connectivity index (χ0) is 43.2. The highest BCUT2D eigenvalue weighted by molar-refractivity contribution is 5.81. The second kappa shape index (κ2) is 25.7. The number of carbonyl (C=O) groups is 2. The Labute approximate surface area is 359 Å². The van der Waals surface area contributed by atoms with Crippen molar-refractivity contribution >= 4 is 29.7 Å². The zero-order valence-corrected chi connectivity index (χ0v) is 36.1. The Balaban J connectivity index is 1.19. The number of aromatic nitrogens is 9. The van der Waals surface area contributed by atoms with Gasteiger partial charge >= 0.3 is 0 Å². The van der Waals surface area contributed by atoms with Crippen LogP contribution in [0.3, 0.4) is 0 Å². The summed E-state index contributed by atoms with van der Waals surface area (Å²) in [5, 5.41) is 20.4. The van der Waals surface area contributed by atoms with Crippen LogP contribution in [0.4, 0.5) is 17.8 Å². The van der Waals surface area contributed by atoms with Crippen LogP contribution in [0.5, 0.6) is 0 Å². The van der Waals surface area contributed by atoms with Crippen LogP contribution >= 0.6 is 0 Å². The summed E-state index contributed by atoms with van der Waals surface area (Å²) in [6.07, 6.45) is 15.0. The van der Waals surface area contributed by atoms with Gasteiger partial charge in [0.1, 0.15) is 19.2 Å². The van der Waals surface area contributed by atoms with Gasteiger partial charge in [-0.05, 0) is 57.5 Å². The fraction of sp³-hybridized carbons (Fsp3) is 0.725. The summed E-state index contributed by atoms with van der Waals surface area (Å²) in [4.78, 5) is 49.8. The van der Waals surface area contributed by atoms with Crippen molar-refractivity contribution in [1.82, 2.24) is 54.7 Å². The van der Waals surface area contributed by atoms with Crippen LogP contribution in [0.15, 0.2) is 12.4 Å². The van der Waals surface area contributed by atoms with Crippen molar-refractivity contribution < 1.29 is 23.8 Å². The highest BCUT2D eigenvalue weighted by Gasteiger charge is 2.34. The van der Waals surface area contributed by atoms with Gasteiger partial charge in [-0.3, -0.25) is 9.59 Å². The van der Waals surface area contributed by atoms with E-state index in [1.165, 1.54) is 0 Å². The fourth-order valence-electron chi connectivity index (χ4n) is 7.07. The molecule has 0 unspecified atom stereocenters. The summed E-state index contributed by atoms with van der Waals surface area (Å²) in [5.41, 5.74) is 13.0. The van der Waals surface area contributed by atoms with Gasteiger partial charge in [0.25, 0.3) is 0 Å². The molecule has 2 aliphatic rings. The molecule has 2 aliphatic heterocycles. The van der Waals surface area contributed by atoms with Crippen molar-refractivity contribution in [2.45, 2.75) is 71.4 Å². The Morgan fingerprint density at radius 1 is 0.770 bits per heavy atom. The van der Waals surface area contributed by atoms with E-state index in [1.54, 1.807) is 9.36 Å². The summed E-state index contributed by atoms with van der Waals surface area (Å²) in [6.45, 7) is 12.6. The minimum Gasteiger partial charge on any atom is -0.377 e. The molecule has 0 spiro atoms. The lowest BCUT2D eigenvalue weighted by molar-refractivity contribution is -0.137. The Hall–Kier alpha value is -5.01. The van der Waals surface area contributed by atoms with Crippen LogP contribution in [0.25, 0.3) is 0 Å². The number of piperazine rings is 2. The first-order valence-corrected chi connectivity index (χ1v) is 21.8. The number of anilines is 3. The number of rotatable bonds is 27. The molecule has 5 heterocycles. The van der Waals surface area contributed by atoms with Crippen molar-refractivity contribution in [1.29, 1.82) is 0 Å². The lowest BCUT2D eigenvalue weighted by atomic mass is 9.97. The largest absolute Gasteiger partial charge is 0.377 e. The van der Waals surface area contributed by atoms with E-state index in [-0.39, 0.29) is 30.9 Å². The minimum absolute atomic E-state index is 0.0193. The van der Waals surface area contributed by atoms with E-state index in [0.717, 1.165) is 56.3 Å². The standard InChI is InChI=1S/C40H66N16O5/c1-4-23-59-25-27-61-28-26-60-24-14-43-38-44-39(53-19-15-51(16-20-53)35(57)31-55-29-33(47-49-55)10-6-8-12-41)46-40(45-38)54-21-17-52(18-22-54)37(58)36(32(3)5-2)56-30-34(48-50-56)11-7-9-13-42/h1,29-30,32,36H,5-28,31,41-42H2,2-3H3,(H,43,44,45,46)/t32-,36-/m0/s1. The number of nitrogens with one attached hydrogen (secondary N) is 1. The van der Waals surface area contributed by atoms with Gasteiger partial charge in [-0.1, -0.05) is 36.6 Å². The maximum Gasteiger partial charge on any atom is 0.247 e. The Kier molecular flexibility index (Phi) is 19.8. The molecule has 2 atom stereocenters. The van der Waals surface area contributed by atoms with Gasteiger partial charge in [0.2, 0.25) is 29.7 Å². The minimum atomic E-state index is -0.445. The van der Waals surface area contributed by atoms with Crippen molar-refractivity contribution in [3.8, 4) is 12.3 Å². The van der Waals surface area contributed by atoms with Crippen LogP contribution in [-0.2, 0) is 43.2 Å². The van der Waals surface area contributed by atoms with Gasteiger partial charge in [0.05, 0.1) is 44.4 Å². The van der Waals surface area contributed by atoms with E-state index in [2.05, 4.69) is 55.5 Å². The third-order valence-corrected chi connectivity index (χ3v) is 10.8. The summed E-state index contributed by atoms with van der Waals surface area (Å²) in [7, 11) is 0. The Morgan fingerprint density at radius 2 is 1.34 bits per heavy atom. The molecule has 2 fully saturated rings. The average molecular weight is 851 g/mol. The van der Waals surface area contributed by atoms with Crippen molar-refractivity contribution in [2.75, 3.05) is 127 Å². The van der Waals surface area contributed by atoms with Crippen LogP contribution in [0.2, 0.25) is 0 Å². The number of unbranched alkanes of at least 4 members (excludes halogenated alkanes) is 2. The number of aryl methyl sites for hydroxylation is 2. The maximum atomic E-state index is 14.1. The number of nitrogens with two attached hydrogens (primary N) is 2. The first kappa shape index (κ1) is 47.0. The van der Waals surface area contributed by atoms with Crippen molar-refractivity contribution in [2.24, 2.45) is 17.4 Å². The second-order valence-corrected chi connectivity index (χ2v) is 15.3. The number of hydrogen-bond acceptors (Lipinski definition) is 17. The molecule has 21 nitrogen and oxygen atoms in total. The van der Waals surface area contributed by atoms with Crippen LogP contribution in [0, 0.1) is 18.3 Å². The van der Waals surface area contributed by atoms with Crippen LogP contribution < -0.4 is 26.6 Å². The van der Waals surface area contributed by atoms with Crippen molar-refractivity contribution in [3.63, 3.8) is 0 Å². The molecule has 5 rings (SSSR count). The van der Waals surface area contributed by atoms with E-state index in [0.29, 0.717) is 123 Å². The lowest BCUT2D eigenvalue weighted by Crippen LogP contribution is -2.52. The van der Waals surface area contributed by atoms with Crippen LogP contribution in [0.1, 0.15) is 63.4 Å². The van der Waals surface area contributed by atoms with E-state index in [9.17, 15) is 9.59 Å². The molecule has 2 amide bonds. The highest BCUT2D eigenvalue weighted by atomic mass is 16.5. The predicted molar refractivity (Wildman–Crippen MR) is 230 cm³/mol. The molecule has 336 valence electrons. The summed E-state index contributed by atoms with van der Waals surface area (Å²) in [5.74, 6) is 3.96. The number of terminal acetylenes is 1. The van der Waals surface area contributed by atoms with Gasteiger partial charge in [-0.15, -0.1) is 16.6 Å². The number of nitrogens with zero attached hydrogens (tertiary/aromatic N) is 13. The molecule has 0 saturated carbocycles. The van der Waals surface area contributed by atoms with Gasteiger partial charge in [0, 0.05) is 71.3 Å². The molecule has 3 aromatic rings. The van der Waals surface area contributed by atoms with Crippen molar-refractivity contribution in [3.05, 3.63) is 23.8 Å². The Morgan fingerprint density at radius 3 is 1.95 bits per heavy atom. The molecular weight excluding hydrogens is 785 g/mol. The SMILES string of the molecule is C#CCOCCOCCOCCNc1nc(N2CCN(C(=O)Cn3cc(CCCCN)nn3)CC2)nc(N2CCN(C(=O)[C@H]([C@@H](C)CC)n3cc(CCCCN)nn3)CC2)n1. The molecule has 0 aromatic carbocycles. The second-order valence-electron chi connectivity index (χ2n) is 15.3. The van der Waals surface area contributed by atoms with Gasteiger partial charge in [0.15, 0.2) is 0 Å². The highest BCUT2D eigenvalue weighted by Crippen LogP contribution is 2.26. The van der Waals surface area contributed by atoms with E-state index in [1.807, 2.05) is 22.2 Å². The van der Waals surface area contributed by atoms with Gasteiger partial charge < -0.3 is 50.6 Å². The first-order chi connectivity index (χ1) is 29.8. The number of ether oxygens (including phenoxy) is 3. The van der Waals surface area contributed by atoms with E-state index in [4.69, 9.17) is 47.1 Å². The smallest absolute Gasteiger partial charge is 0.247 e. The third kappa shape index (κ3) is 14.8. The summed E-state index contributed by atoms with van der Waals surface area (Å²) >= 11 is 0. The molecule has 5 N–H and O–H groups in total. The monoisotopic (exact) mass is 851 g/mol. The normalized spacial score (nSPS) is 15.5. The summed E-state index contributed by atoms with van der Waals surface area (Å²) < 4.78 is 19.8. The van der Waals surface area contributed by atoms with E-state index < -0.39 is 6.04 Å². The molecular formula is C40H66N16O5. The molecule has 0 radical (unpaired) electrons. The van der Waals surface area contributed by atoms with Crippen LogP contribution in [-0.4, -0.2) is 178 Å². The van der Waals surface area contributed by atoms with Gasteiger partial charge in [-0.25, -0.2) is 9.36 Å². The molecule has 21 heteroatoms. The summed E-state index contributed by atoms with van der Waals surface area (Å²) in [6, 6.07) is -0.445. The van der Waals surface area contributed by atoms with E-state index >= 15 is 0 Å². The number of carbonyl (C=O) groups excluding carboxylic acids is 2. The molecule has 0 bridgehead atoms. The Bertz CT molecular complexity index is 1790. The number of hydrogen-bond donors (Lipinski definition) is 3. The fourth-order valence-corrected chi connectivity index (χ4v) is 7.07. The number of amides is 2. The quantitative estimate of drug-likeness (QED) is 0.0676. The maximum absolute atomic E-state index is 14.1. The molecule has 3 aromatic heterocycles. The predicted octanol–water partition coefficient (Wildman–Crippen LogP) is -0.00290. The topological polar surface area (TPSA) is 239 Å². The van der Waals surface area contributed by atoms with Gasteiger partial charge in [-0.2, -0.15) is 15.0 Å². The zero-order valence-electron chi connectivity index (χ0n) is 36.1. The molecule has 2 saturated heterocycles. The first-order valence-electron chi connectivity index (χ1n) is 21.8. The third-order valence-electron chi connectivity index (χ3n) is 10.8.